The fraction of sp³-hybridized carbons (Fsp3) is 0.250. The zero-order valence-electron chi connectivity index (χ0n) is 10.8. The highest BCUT2D eigenvalue weighted by molar-refractivity contribution is 5.68. The Balaban J connectivity index is 0.000000873. The van der Waals surface area contributed by atoms with Gasteiger partial charge in [-0.05, 0) is 12.1 Å². The molecule has 0 spiro atoms. The number of hydrogen-bond donors (Lipinski definition) is 3. The number of rotatable bonds is 4. The lowest BCUT2D eigenvalue weighted by Gasteiger charge is -2.12. The molecule has 0 saturated carbocycles. The molecule has 5 N–H and O–H groups in total. The van der Waals surface area contributed by atoms with Crippen molar-refractivity contribution >= 4 is 17.9 Å². The van der Waals surface area contributed by atoms with Gasteiger partial charge in [0.2, 0.25) is 6.41 Å². The Labute approximate surface area is 107 Å². The summed E-state index contributed by atoms with van der Waals surface area (Å²) >= 11 is 0. The molecule has 0 aromatic heterocycles. The number of anilines is 1. The molecule has 0 heterocycles. The zero-order chi connectivity index (χ0) is 14.0. The van der Waals surface area contributed by atoms with Gasteiger partial charge in [0.25, 0.3) is 0 Å². The third-order valence-corrected chi connectivity index (χ3v) is 2.13. The second kappa shape index (κ2) is 8.74. The van der Waals surface area contributed by atoms with E-state index in [0.717, 1.165) is 17.0 Å². The third-order valence-electron chi connectivity index (χ3n) is 2.13. The van der Waals surface area contributed by atoms with Crippen LogP contribution in [0.15, 0.2) is 24.4 Å². The number of nitrogens with one attached hydrogen (secondary N) is 1. The minimum absolute atomic E-state index is 0.250. The third kappa shape index (κ3) is 4.25. The normalized spacial score (nSPS) is 9.83. The molecule has 18 heavy (non-hydrogen) atoms. The first-order valence-corrected chi connectivity index (χ1v) is 5.15. The molecule has 0 unspecified atom stereocenters. The molecule has 6 heteroatoms. The summed E-state index contributed by atoms with van der Waals surface area (Å²) in [6, 6.07) is 5.71. The highest BCUT2D eigenvalue weighted by Gasteiger charge is 2.08. The summed E-state index contributed by atoms with van der Waals surface area (Å²) in [7, 11) is 5.04. The maximum atomic E-state index is 8.58. The Morgan fingerprint density at radius 3 is 2.33 bits per heavy atom. The molecule has 0 saturated heterocycles. The van der Waals surface area contributed by atoms with Crippen LogP contribution in [0.1, 0.15) is 5.56 Å². The monoisotopic (exact) mass is 253 g/mol. The molecule has 1 aromatic carbocycles. The summed E-state index contributed by atoms with van der Waals surface area (Å²) in [4.78, 5) is 8.58. The van der Waals surface area contributed by atoms with Gasteiger partial charge in [0, 0.05) is 25.0 Å². The maximum Gasteiger partial charge on any atom is 0.204 e. The number of ether oxygens (including phenoxy) is 2. The van der Waals surface area contributed by atoms with E-state index in [0.29, 0.717) is 5.76 Å². The number of amides is 1. The summed E-state index contributed by atoms with van der Waals surface area (Å²) in [6.07, 6.45) is 1.66. The number of nitrogens with two attached hydrogens (primary N) is 2. The summed E-state index contributed by atoms with van der Waals surface area (Å²) in [6.45, 7) is 0. The first kappa shape index (κ1) is 15.6. The molecule has 0 aliphatic heterocycles. The summed E-state index contributed by atoms with van der Waals surface area (Å²) in [5.74, 6) is 1.31. The Kier molecular flexibility index (Phi) is 7.59. The minimum atomic E-state index is 0.250. The van der Waals surface area contributed by atoms with Crippen molar-refractivity contribution in [2.45, 2.75) is 0 Å². The minimum Gasteiger partial charge on any atom is -0.496 e. The van der Waals surface area contributed by atoms with Gasteiger partial charge in [0.15, 0.2) is 0 Å². The number of carbonyl (C=O) groups excluding carboxylic acids is 1. The quantitative estimate of drug-likeness (QED) is 0.543. The number of hydrogen-bond acceptors (Lipinski definition) is 5. The van der Waals surface area contributed by atoms with Gasteiger partial charge < -0.3 is 26.3 Å². The van der Waals surface area contributed by atoms with Crippen LogP contribution in [-0.4, -0.2) is 27.7 Å². The first-order chi connectivity index (χ1) is 8.68. The summed E-state index contributed by atoms with van der Waals surface area (Å²) in [5.41, 5.74) is 11.4. The van der Waals surface area contributed by atoms with Crippen LogP contribution in [-0.2, 0) is 9.53 Å². The molecular formula is C12H19N3O3. The number of carbonyl (C=O) groups is 1. The van der Waals surface area contributed by atoms with Crippen molar-refractivity contribution < 1.29 is 14.3 Å². The van der Waals surface area contributed by atoms with E-state index in [1.165, 1.54) is 6.20 Å². The van der Waals surface area contributed by atoms with Crippen molar-refractivity contribution in [3.8, 4) is 5.75 Å². The van der Waals surface area contributed by atoms with Crippen molar-refractivity contribution in [3.63, 3.8) is 0 Å². The molecule has 1 rings (SSSR count). The van der Waals surface area contributed by atoms with Gasteiger partial charge in [0.1, 0.15) is 11.5 Å². The SMILES string of the molecule is CNc1ccc(/C(=C/N)OC)c(OC)c1.NC=O. The van der Waals surface area contributed by atoms with Gasteiger partial charge in [-0.3, -0.25) is 4.79 Å². The van der Waals surface area contributed by atoms with Gasteiger partial charge >= 0.3 is 0 Å². The van der Waals surface area contributed by atoms with Crippen LogP contribution >= 0.6 is 0 Å². The Hall–Kier alpha value is -2.37. The van der Waals surface area contributed by atoms with Gasteiger partial charge in [-0.1, -0.05) is 0 Å². The van der Waals surface area contributed by atoms with Crippen LogP contribution in [0.4, 0.5) is 5.69 Å². The number of methoxy groups -OCH3 is 2. The second-order valence-electron chi connectivity index (χ2n) is 3.04. The largest absolute Gasteiger partial charge is 0.496 e. The summed E-state index contributed by atoms with van der Waals surface area (Å²) in [5, 5.41) is 3.03. The van der Waals surface area contributed by atoms with Gasteiger partial charge in [-0.15, -0.1) is 0 Å². The molecule has 0 radical (unpaired) electrons. The highest BCUT2D eigenvalue weighted by atomic mass is 16.5. The van der Waals surface area contributed by atoms with Crippen molar-refractivity contribution in [1.29, 1.82) is 0 Å². The molecule has 1 aromatic rings. The lowest BCUT2D eigenvalue weighted by Crippen LogP contribution is -1.97. The Morgan fingerprint density at radius 1 is 1.33 bits per heavy atom. The molecule has 6 nitrogen and oxygen atoms in total. The van der Waals surface area contributed by atoms with Crippen LogP contribution in [0.3, 0.4) is 0 Å². The van der Waals surface area contributed by atoms with Gasteiger partial charge in [0.05, 0.1) is 19.8 Å². The van der Waals surface area contributed by atoms with E-state index in [-0.39, 0.29) is 6.41 Å². The molecule has 0 aliphatic carbocycles. The van der Waals surface area contributed by atoms with Crippen LogP contribution in [0.25, 0.3) is 5.76 Å². The molecule has 0 fully saturated rings. The highest BCUT2D eigenvalue weighted by Crippen LogP contribution is 2.28. The number of benzene rings is 1. The molecule has 0 aliphatic rings. The van der Waals surface area contributed by atoms with Crippen LogP contribution in [0, 0.1) is 0 Å². The topological polar surface area (TPSA) is 99.6 Å². The van der Waals surface area contributed by atoms with Crippen molar-refractivity contribution in [2.24, 2.45) is 11.5 Å². The van der Waals surface area contributed by atoms with Crippen molar-refractivity contribution in [2.75, 3.05) is 26.6 Å². The molecule has 100 valence electrons. The summed E-state index contributed by atoms with van der Waals surface area (Å²) < 4.78 is 10.4. The van der Waals surface area contributed by atoms with E-state index in [9.17, 15) is 0 Å². The predicted molar refractivity (Wildman–Crippen MR) is 72.0 cm³/mol. The van der Waals surface area contributed by atoms with E-state index in [2.05, 4.69) is 11.1 Å². The van der Waals surface area contributed by atoms with Crippen LogP contribution < -0.4 is 21.5 Å². The van der Waals surface area contributed by atoms with E-state index in [1.807, 2.05) is 25.2 Å². The molecular weight excluding hydrogens is 234 g/mol. The Morgan fingerprint density at radius 2 is 1.94 bits per heavy atom. The van der Waals surface area contributed by atoms with E-state index in [1.54, 1.807) is 14.2 Å². The molecule has 1 amide bonds. The average Bonchev–Trinajstić information content (AvgIpc) is 2.41. The van der Waals surface area contributed by atoms with E-state index >= 15 is 0 Å². The van der Waals surface area contributed by atoms with Gasteiger partial charge in [-0.25, -0.2) is 0 Å². The maximum absolute atomic E-state index is 8.58. The Bertz CT molecular complexity index is 406. The van der Waals surface area contributed by atoms with E-state index in [4.69, 9.17) is 20.0 Å². The predicted octanol–water partition coefficient (Wildman–Crippen LogP) is 0.742. The van der Waals surface area contributed by atoms with Crippen molar-refractivity contribution in [1.82, 2.24) is 0 Å². The van der Waals surface area contributed by atoms with Crippen LogP contribution in [0.2, 0.25) is 0 Å². The average molecular weight is 253 g/mol. The number of primary amides is 1. The lowest BCUT2D eigenvalue weighted by molar-refractivity contribution is -0.106. The molecule has 0 bridgehead atoms. The second-order valence-corrected chi connectivity index (χ2v) is 3.04. The first-order valence-electron chi connectivity index (χ1n) is 5.15. The van der Waals surface area contributed by atoms with Crippen LogP contribution in [0.5, 0.6) is 5.75 Å². The fourth-order valence-electron chi connectivity index (χ4n) is 1.32. The van der Waals surface area contributed by atoms with Gasteiger partial charge in [-0.2, -0.15) is 0 Å². The molecule has 0 atom stereocenters. The van der Waals surface area contributed by atoms with Crippen molar-refractivity contribution in [3.05, 3.63) is 30.0 Å². The lowest BCUT2D eigenvalue weighted by atomic mass is 10.1. The zero-order valence-corrected chi connectivity index (χ0v) is 10.8. The standard InChI is InChI=1S/C11H16N2O2.CH3NO/c1-13-8-4-5-9(10(6-8)14-2)11(7-12)15-3;2-1-3/h4-7,13H,12H2,1-3H3;1H,(H2,2,3)/b11-7-;. The fourth-order valence-corrected chi connectivity index (χ4v) is 1.32. The van der Waals surface area contributed by atoms with E-state index < -0.39 is 0 Å². The smallest absolute Gasteiger partial charge is 0.204 e.